The van der Waals surface area contributed by atoms with Crippen LogP contribution in [0.5, 0.6) is 0 Å². The van der Waals surface area contributed by atoms with Crippen LogP contribution in [0.1, 0.15) is 36.5 Å². The molecule has 14 heavy (non-hydrogen) atoms. The van der Waals surface area contributed by atoms with Crippen molar-refractivity contribution in [1.29, 1.82) is 0 Å². The molecule has 0 aliphatic carbocycles. The molecule has 0 radical (unpaired) electrons. The number of hydrogen-bond acceptors (Lipinski definition) is 1. The third kappa shape index (κ3) is 2.36. The Morgan fingerprint density at radius 3 is 2.21 bits per heavy atom. The van der Waals surface area contributed by atoms with Crippen molar-refractivity contribution in [2.45, 2.75) is 33.6 Å². The van der Waals surface area contributed by atoms with Crippen LogP contribution >= 0.6 is 0 Å². The molecule has 1 aliphatic heterocycles. The molecule has 1 aromatic rings. The van der Waals surface area contributed by atoms with Crippen molar-refractivity contribution >= 4 is 0 Å². The first-order valence-corrected chi connectivity index (χ1v) is 5.42. The van der Waals surface area contributed by atoms with Gasteiger partial charge < -0.3 is 4.74 Å². The van der Waals surface area contributed by atoms with Crippen molar-refractivity contribution in [2.75, 3.05) is 13.2 Å². The minimum Gasteiger partial charge on any atom is -0.380 e. The van der Waals surface area contributed by atoms with Crippen LogP contribution in [0.15, 0.2) is 18.2 Å². The van der Waals surface area contributed by atoms with Gasteiger partial charge in [-0.3, -0.25) is 0 Å². The fourth-order valence-electron chi connectivity index (χ4n) is 1.70. The lowest BCUT2D eigenvalue weighted by molar-refractivity contribution is 0.00817. The maximum Gasteiger partial charge on any atom is 0.0557 e. The average Bonchev–Trinajstić information content (AvgIpc) is 2.10. The normalized spacial score (nSPS) is 15.4. The van der Waals surface area contributed by atoms with Crippen LogP contribution in [0.4, 0.5) is 0 Å². The molecule has 0 atom stereocenters. The second kappa shape index (κ2) is 5.16. The maximum atomic E-state index is 5.17. The van der Waals surface area contributed by atoms with Crippen molar-refractivity contribution < 1.29 is 4.74 Å². The Hall–Kier alpha value is -0.820. The molecule has 1 fully saturated rings. The van der Waals surface area contributed by atoms with Gasteiger partial charge in [0.05, 0.1) is 13.2 Å². The van der Waals surface area contributed by atoms with E-state index in [4.69, 9.17) is 4.74 Å². The summed E-state index contributed by atoms with van der Waals surface area (Å²) in [7, 11) is 0. The van der Waals surface area contributed by atoms with E-state index in [0.717, 1.165) is 13.2 Å². The van der Waals surface area contributed by atoms with E-state index in [1.807, 2.05) is 13.8 Å². The number of rotatable bonds is 1. The molecule has 1 heterocycles. The number of aryl methyl sites for hydroxylation is 2. The lowest BCUT2D eigenvalue weighted by atomic mass is 9.92. The highest BCUT2D eigenvalue weighted by Gasteiger charge is 2.21. The Kier molecular flexibility index (Phi) is 4.15. The van der Waals surface area contributed by atoms with E-state index < -0.39 is 0 Å². The van der Waals surface area contributed by atoms with E-state index in [1.54, 1.807) is 0 Å². The summed E-state index contributed by atoms with van der Waals surface area (Å²) in [6, 6.07) is 6.66. The Morgan fingerprint density at radius 2 is 1.79 bits per heavy atom. The van der Waals surface area contributed by atoms with E-state index >= 15 is 0 Å². The van der Waals surface area contributed by atoms with Gasteiger partial charge in [0.2, 0.25) is 0 Å². The second-order valence-corrected chi connectivity index (χ2v) is 3.59. The molecule has 1 aromatic carbocycles. The van der Waals surface area contributed by atoms with Crippen LogP contribution in [-0.2, 0) is 4.74 Å². The van der Waals surface area contributed by atoms with Crippen LogP contribution in [0, 0.1) is 13.8 Å². The molecule has 1 nitrogen and oxygen atoms in total. The van der Waals surface area contributed by atoms with Gasteiger partial charge in [-0.2, -0.15) is 0 Å². The van der Waals surface area contributed by atoms with E-state index in [9.17, 15) is 0 Å². The summed E-state index contributed by atoms with van der Waals surface area (Å²) >= 11 is 0. The molecular formula is C13H20O. The molecule has 1 aliphatic rings. The van der Waals surface area contributed by atoms with Crippen molar-refractivity contribution in [3.05, 3.63) is 34.9 Å². The first-order valence-electron chi connectivity index (χ1n) is 5.42. The summed E-state index contributed by atoms with van der Waals surface area (Å²) in [5.74, 6) is 0.658. The summed E-state index contributed by atoms with van der Waals surface area (Å²) < 4.78 is 5.17. The summed E-state index contributed by atoms with van der Waals surface area (Å²) in [5.41, 5.74) is 4.21. The van der Waals surface area contributed by atoms with Gasteiger partial charge >= 0.3 is 0 Å². The zero-order valence-corrected chi connectivity index (χ0v) is 9.63. The topological polar surface area (TPSA) is 9.23 Å². The fraction of sp³-hybridized carbons (Fsp3) is 0.538. The second-order valence-electron chi connectivity index (χ2n) is 3.59. The molecule has 0 spiro atoms. The Labute approximate surface area is 87.1 Å². The standard InChI is InChI=1S/C11H14O.C2H6/c1-8-3-4-11(9(2)5-8)10-6-12-7-10;1-2/h3-5,10H,6-7H2,1-2H3;1-2H3. The SMILES string of the molecule is CC.Cc1ccc(C2COC2)c(C)c1. The van der Waals surface area contributed by atoms with Gasteiger partial charge in [0.15, 0.2) is 0 Å². The predicted molar refractivity (Wildman–Crippen MR) is 60.8 cm³/mol. The number of benzene rings is 1. The van der Waals surface area contributed by atoms with Crippen molar-refractivity contribution in [2.24, 2.45) is 0 Å². The molecule has 1 heteroatoms. The third-order valence-electron chi connectivity index (χ3n) is 2.50. The van der Waals surface area contributed by atoms with Gasteiger partial charge in [0, 0.05) is 5.92 Å². The molecule has 1 saturated heterocycles. The van der Waals surface area contributed by atoms with Gasteiger partial charge in [0.1, 0.15) is 0 Å². The first-order chi connectivity index (χ1) is 6.77. The number of hydrogen-bond donors (Lipinski definition) is 0. The first kappa shape index (κ1) is 11.3. The molecule has 0 unspecified atom stereocenters. The Balaban J connectivity index is 0.000000461. The van der Waals surface area contributed by atoms with E-state index in [1.165, 1.54) is 16.7 Å². The van der Waals surface area contributed by atoms with Crippen LogP contribution < -0.4 is 0 Å². The minimum absolute atomic E-state index is 0.658. The third-order valence-corrected chi connectivity index (χ3v) is 2.50. The van der Waals surface area contributed by atoms with Gasteiger partial charge in [-0.1, -0.05) is 37.6 Å². The molecular weight excluding hydrogens is 172 g/mol. The fourth-order valence-corrected chi connectivity index (χ4v) is 1.70. The molecule has 0 aromatic heterocycles. The Bertz CT molecular complexity index is 287. The van der Waals surface area contributed by atoms with Crippen LogP contribution in [-0.4, -0.2) is 13.2 Å². The smallest absolute Gasteiger partial charge is 0.0557 e. The highest BCUT2D eigenvalue weighted by atomic mass is 16.5. The van der Waals surface area contributed by atoms with Gasteiger partial charge in [-0.25, -0.2) is 0 Å². The maximum absolute atomic E-state index is 5.17. The lowest BCUT2D eigenvalue weighted by Crippen LogP contribution is -2.25. The quantitative estimate of drug-likeness (QED) is 0.662. The average molecular weight is 192 g/mol. The monoisotopic (exact) mass is 192 g/mol. The number of ether oxygens (including phenoxy) is 1. The van der Waals surface area contributed by atoms with Gasteiger partial charge in [-0.15, -0.1) is 0 Å². The molecule has 0 saturated carbocycles. The lowest BCUT2D eigenvalue weighted by Gasteiger charge is -2.27. The summed E-state index contributed by atoms with van der Waals surface area (Å²) in [5, 5.41) is 0. The van der Waals surface area contributed by atoms with Crippen molar-refractivity contribution in [1.82, 2.24) is 0 Å². The molecule has 0 amide bonds. The van der Waals surface area contributed by atoms with Crippen molar-refractivity contribution in [3.63, 3.8) is 0 Å². The summed E-state index contributed by atoms with van der Waals surface area (Å²) in [6.45, 7) is 10.1. The van der Waals surface area contributed by atoms with Crippen LogP contribution in [0.25, 0.3) is 0 Å². The Morgan fingerprint density at radius 1 is 1.14 bits per heavy atom. The van der Waals surface area contributed by atoms with Crippen LogP contribution in [0.3, 0.4) is 0 Å². The minimum atomic E-state index is 0.658. The molecule has 0 bridgehead atoms. The largest absolute Gasteiger partial charge is 0.380 e. The summed E-state index contributed by atoms with van der Waals surface area (Å²) in [4.78, 5) is 0. The van der Waals surface area contributed by atoms with Crippen LogP contribution in [0.2, 0.25) is 0 Å². The molecule has 0 N–H and O–H groups in total. The highest BCUT2D eigenvalue weighted by molar-refractivity contribution is 5.33. The molecule has 2 rings (SSSR count). The highest BCUT2D eigenvalue weighted by Crippen LogP contribution is 2.26. The predicted octanol–water partition coefficient (Wildman–Crippen LogP) is 3.44. The van der Waals surface area contributed by atoms with E-state index in [2.05, 4.69) is 32.0 Å². The van der Waals surface area contributed by atoms with Gasteiger partial charge in [0.25, 0.3) is 0 Å². The van der Waals surface area contributed by atoms with Crippen molar-refractivity contribution in [3.8, 4) is 0 Å². The van der Waals surface area contributed by atoms with Gasteiger partial charge in [-0.05, 0) is 25.0 Å². The van der Waals surface area contributed by atoms with E-state index in [0.29, 0.717) is 5.92 Å². The zero-order chi connectivity index (χ0) is 10.6. The zero-order valence-electron chi connectivity index (χ0n) is 9.63. The summed E-state index contributed by atoms with van der Waals surface area (Å²) in [6.07, 6.45) is 0. The van der Waals surface area contributed by atoms with E-state index in [-0.39, 0.29) is 0 Å². The molecule has 78 valence electrons.